The van der Waals surface area contributed by atoms with Crippen molar-refractivity contribution < 1.29 is 4.39 Å². The van der Waals surface area contributed by atoms with Gasteiger partial charge in [-0.25, -0.2) is 4.39 Å². The van der Waals surface area contributed by atoms with Gasteiger partial charge in [-0.15, -0.1) is 0 Å². The van der Waals surface area contributed by atoms with Crippen molar-refractivity contribution >= 4 is 11.6 Å². The molecule has 0 aliphatic carbocycles. The Morgan fingerprint density at radius 3 is 2.63 bits per heavy atom. The van der Waals surface area contributed by atoms with Crippen LogP contribution in [0, 0.1) is 11.7 Å². The van der Waals surface area contributed by atoms with E-state index in [1.165, 1.54) is 6.42 Å². The summed E-state index contributed by atoms with van der Waals surface area (Å²) in [5, 5.41) is 3.64. The monoisotopic (exact) mass is 285 g/mol. The molecule has 1 unspecified atom stereocenters. The first-order chi connectivity index (χ1) is 9.06. The normalized spacial score (nSPS) is 12.9. The van der Waals surface area contributed by atoms with E-state index in [2.05, 4.69) is 26.1 Å². The molecule has 1 atom stereocenters. The molecule has 1 N–H and O–H groups in total. The predicted molar refractivity (Wildman–Crippen MR) is 81.1 cm³/mol. The second-order valence-electron chi connectivity index (χ2n) is 5.47. The highest BCUT2D eigenvalue weighted by molar-refractivity contribution is 6.30. The van der Waals surface area contributed by atoms with Gasteiger partial charge >= 0.3 is 0 Å². The van der Waals surface area contributed by atoms with E-state index < -0.39 is 0 Å². The zero-order valence-corrected chi connectivity index (χ0v) is 12.9. The molecule has 0 saturated carbocycles. The Kier molecular flexibility index (Phi) is 7.40. The molecule has 0 amide bonds. The third-order valence-electron chi connectivity index (χ3n) is 3.27. The maximum absolute atomic E-state index is 14.1. The molecule has 0 aliphatic rings. The average molecular weight is 286 g/mol. The van der Waals surface area contributed by atoms with E-state index in [4.69, 9.17) is 11.6 Å². The van der Waals surface area contributed by atoms with Crippen molar-refractivity contribution in [2.75, 3.05) is 6.54 Å². The maximum Gasteiger partial charge on any atom is 0.146 e. The van der Waals surface area contributed by atoms with Crippen LogP contribution in [0.5, 0.6) is 0 Å². The van der Waals surface area contributed by atoms with E-state index in [9.17, 15) is 4.39 Å². The molecule has 3 heteroatoms. The summed E-state index contributed by atoms with van der Waals surface area (Å²) in [5.74, 6) is 0.415. The largest absolute Gasteiger partial charge is 0.310 e. The summed E-state index contributed by atoms with van der Waals surface area (Å²) in [6.07, 6.45) is 4.27. The molecule has 1 aromatic carbocycles. The van der Waals surface area contributed by atoms with Crippen LogP contribution in [0.25, 0.3) is 0 Å². The Bertz CT molecular complexity index is 379. The molecule has 108 valence electrons. The molecule has 0 fully saturated rings. The molecule has 0 aromatic heterocycles. The molecule has 0 radical (unpaired) electrons. The molecule has 0 spiro atoms. The van der Waals surface area contributed by atoms with Crippen LogP contribution in [0.3, 0.4) is 0 Å². The van der Waals surface area contributed by atoms with Gasteiger partial charge in [-0.1, -0.05) is 57.3 Å². The predicted octanol–water partition coefficient (Wildman–Crippen LogP) is 5.35. The summed E-state index contributed by atoms with van der Waals surface area (Å²) in [4.78, 5) is 0. The smallest absolute Gasteiger partial charge is 0.146 e. The summed E-state index contributed by atoms with van der Waals surface area (Å²) in [6.45, 7) is 7.45. The summed E-state index contributed by atoms with van der Waals surface area (Å²) in [5.41, 5.74) is 0.699. The van der Waals surface area contributed by atoms with Crippen LogP contribution in [-0.2, 0) is 0 Å². The van der Waals surface area contributed by atoms with Crippen LogP contribution in [0.2, 0.25) is 5.02 Å². The van der Waals surface area contributed by atoms with Gasteiger partial charge in [0.15, 0.2) is 0 Å². The highest BCUT2D eigenvalue weighted by atomic mass is 35.5. The molecule has 0 bridgehead atoms. The van der Waals surface area contributed by atoms with E-state index in [0.29, 0.717) is 11.5 Å². The van der Waals surface area contributed by atoms with E-state index in [-0.39, 0.29) is 16.9 Å². The summed E-state index contributed by atoms with van der Waals surface area (Å²) >= 11 is 5.87. The number of hydrogen-bond donors (Lipinski definition) is 1. The number of nitrogens with one attached hydrogen (secondary N) is 1. The minimum absolute atomic E-state index is 0.0670. The van der Waals surface area contributed by atoms with Crippen molar-refractivity contribution in [2.24, 2.45) is 5.92 Å². The number of benzene rings is 1. The minimum Gasteiger partial charge on any atom is -0.310 e. The topological polar surface area (TPSA) is 12.0 Å². The van der Waals surface area contributed by atoms with Crippen LogP contribution in [0.4, 0.5) is 4.39 Å². The Balaban J connectivity index is 2.74. The summed E-state index contributed by atoms with van der Waals surface area (Å²) < 4.78 is 14.1. The average Bonchev–Trinajstić information content (AvgIpc) is 2.37. The Hall–Kier alpha value is -0.600. The third kappa shape index (κ3) is 5.50. The van der Waals surface area contributed by atoms with Crippen molar-refractivity contribution in [1.29, 1.82) is 0 Å². The highest BCUT2D eigenvalue weighted by Crippen LogP contribution is 2.27. The first-order valence-corrected chi connectivity index (χ1v) is 7.61. The van der Waals surface area contributed by atoms with Gasteiger partial charge < -0.3 is 5.32 Å². The van der Waals surface area contributed by atoms with Crippen molar-refractivity contribution in [1.82, 2.24) is 5.32 Å². The fourth-order valence-corrected chi connectivity index (χ4v) is 2.39. The lowest BCUT2D eigenvalue weighted by atomic mass is 9.97. The summed E-state index contributed by atoms with van der Waals surface area (Å²) in [6, 6.07) is 5.33. The van der Waals surface area contributed by atoms with E-state index in [1.807, 2.05) is 12.1 Å². The second kappa shape index (κ2) is 8.55. The van der Waals surface area contributed by atoms with Gasteiger partial charge in [0.2, 0.25) is 0 Å². The van der Waals surface area contributed by atoms with Crippen LogP contribution < -0.4 is 5.32 Å². The fraction of sp³-hybridized carbons (Fsp3) is 0.625. The van der Waals surface area contributed by atoms with E-state index in [0.717, 1.165) is 25.8 Å². The van der Waals surface area contributed by atoms with Gasteiger partial charge in [0.25, 0.3) is 0 Å². The van der Waals surface area contributed by atoms with E-state index >= 15 is 0 Å². The second-order valence-corrected chi connectivity index (χ2v) is 5.88. The SMILES string of the molecule is CCCNC(CCCC(C)C)c1cccc(Cl)c1F. The quantitative estimate of drug-likeness (QED) is 0.679. The minimum atomic E-state index is -0.276. The Labute approximate surface area is 121 Å². The van der Waals surface area contributed by atoms with Gasteiger partial charge in [-0.3, -0.25) is 0 Å². The molecule has 1 nitrogen and oxygen atoms in total. The number of hydrogen-bond acceptors (Lipinski definition) is 1. The third-order valence-corrected chi connectivity index (χ3v) is 3.56. The zero-order valence-electron chi connectivity index (χ0n) is 12.2. The fourth-order valence-electron chi connectivity index (χ4n) is 2.21. The molecule has 0 saturated heterocycles. The van der Waals surface area contributed by atoms with Gasteiger partial charge in [0, 0.05) is 11.6 Å². The first-order valence-electron chi connectivity index (χ1n) is 7.23. The van der Waals surface area contributed by atoms with Crippen molar-refractivity contribution in [3.63, 3.8) is 0 Å². The molecular formula is C16H25ClFN. The van der Waals surface area contributed by atoms with Crippen LogP contribution in [0.15, 0.2) is 18.2 Å². The van der Waals surface area contributed by atoms with Crippen LogP contribution >= 0.6 is 11.6 Å². The lowest BCUT2D eigenvalue weighted by Gasteiger charge is -2.20. The lowest BCUT2D eigenvalue weighted by molar-refractivity contribution is 0.434. The Morgan fingerprint density at radius 2 is 2.00 bits per heavy atom. The molecule has 1 aromatic rings. The molecule has 19 heavy (non-hydrogen) atoms. The van der Waals surface area contributed by atoms with E-state index in [1.54, 1.807) is 6.07 Å². The molecule has 0 heterocycles. The number of rotatable bonds is 8. The zero-order chi connectivity index (χ0) is 14.3. The van der Waals surface area contributed by atoms with Gasteiger partial charge in [-0.05, 0) is 31.4 Å². The van der Waals surface area contributed by atoms with Crippen LogP contribution in [-0.4, -0.2) is 6.54 Å². The van der Waals surface area contributed by atoms with Gasteiger partial charge in [0.1, 0.15) is 5.82 Å². The molecule has 0 aliphatic heterocycles. The Morgan fingerprint density at radius 1 is 1.26 bits per heavy atom. The van der Waals surface area contributed by atoms with Crippen molar-refractivity contribution in [2.45, 2.75) is 52.5 Å². The van der Waals surface area contributed by atoms with Crippen molar-refractivity contribution in [3.8, 4) is 0 Å². The van der Waals surface area contributed by atoms with Crippen molar-refractivity contribution in [3.05, 3.63) is 34.6 Å². The highest BCUT2D eigenvalue weighted by Gasteiger charge is 2.16. The molecule has 1 rings (SSSR count). The van der Waals surface area contributed by atoms with Crippen LogP contribution in [0.1, 0.15) is 58.1 Å². The number of halogens is 2. The first kappa shape index (κ1) is 16.5. The standard InChI is InChI=1S/C16H25ClFN/c1-4-11-19-15(10-5-7-12(2)3)13-8-6-9-14(17)16(13)18/h6,8-9,12,15,19H,4-5,7,10-11H2,1-3H3. The summed E-state index contributed by atoms with van der Waals surface area (Å²) in [7, 11) is 0. The van der Waals surface area contributed by atoms with Gasteiger partial charge in [-0.2, -0.15) is 0 Å². The lowest BCUT2D eigenvalue weighted by Crippen LogP contribution is -2.23. The maximum atomic E-state index is 14.1. The molecular weight excluding hydrogens is 261 g/mol. The van der Waals surface area contributed by atoms with Gasteiger partial charge in [0.05, 0.1) is 5.02 Å².